The molecule has 0 aliphatic heterocycles. The standard InChI is InChI=1S/C22H24ClN5O3/c1-15-9-10-17(13-18(15)23)28-22(31)27(14-16-7-5-4-6-8-16)21(30)19(25-28)20(29)24-11-12-26(2)3/h4-10,13H,11-12,14H2,1-3H3,(H,24,29). The number of nitrogens with zero attached hydrogens (tertiary/aromatic N) is 4. The van der Waals surface area contributed by atoms with E-state index in [4.69, 9.17) is 11.6 Å². The minimum absolute atomic E-state index is 0.0125. The lowest BCUT2D eigenvalue weighted by molar-refractivity contribution is 0.0941. The quantitative estimate of drug-likeness (QED) is 0.602. The van der Waals surface area contributed by atoms with Crippen molar-refractivity contribution in [2.24, 2.45) is 0 Å². The Bertz CT molecular complexity index is 1200. The summed E-state index contributed by atoms with van der Waals surface area (Å²) in [5, 5.41) is 7.23. The second-order valence-corrected chi connectivity index (χ2v) is 7.82. The summed E-state index contributed by atoms with van der Waals surface area (Å²) in [6, 6.07) is 14.1. The van der Waals surface area contributed by atoms with Crippen molar-refractivity contribution >= 4 is 17.5 Å². The van der Waals surface area contributed by atoms with Crippen molar-refractivity contribution < 1.29 is 4.79 Å². The molecule has 0 aliphatic carbocycles. The molecule has 1 N–H and O–H groups in total. The highest BCUT2D eigenvalue weighted by Crippen LogP contribution is 2.18. The highest BCUT2D eigenvalue weighted by atomic mass is 35.5. The molecule has 0 saturated heterocycles. The molecule has 0 atom stereocenters. The molecule has 1 amide bonds. The van der Waals surface area contributed by atoms with Crippen molar-refractivity contribution in [2.75, 3.05) is 27.2 Å². The summed E-state index contributed by atoms with van der Waals surface area (Å²) in [5.41, 5.74) is 0.193. The van der Waals surface area contributed by atoms with Gasteiger partial charge in [-0.1, -0.05) is 48.0 Å². The predicted octanol–water partition coefficient (Wildman–Crippen LogP) is 1.70. The molecule has 162 valence electrons. The molecule has 31 heavy (non-hydrogen) atoms. The average Bonchev–Trinajstić information content (AvgIpc) is 2.74. The van der Waals surface area contributed by atoms with Gasteiger partial charge in [0, 0.05) is 18.1 Å². The Kier molecular flexibility index (Phi) is 7.04. The SMILES string of the molecule is Cc1ccc(-n2nc(C(=O)NCCN(C)C)c(=O)n(Cc3ccccc3)c2=O)cc1Cl. The Labute approximate surface area is 184 Å². The summed E-state index contributed by atoms with van der Waals surface area (Å²) < 4.78 is 2.05. The van der Waals surface area contributed by atoms with Gasteiger partial charge < -0.3 is 10.2 Å². The molecule has 8 nitrogen and oxygen atoms in total. The van der Waals surface area contributed by atoms with Gasteiger partial charge in [-0.25, -0.2) is 4.79 Å². The number of likely N-dealkylation sites (N-methyl/N-ethyl adjacent to an activating group) is 1. The first kappa shape index (κ1) is 22.5. The zero-order valence-electron chi connectivity index (χ0n) is 17.6. The Balaban J connectivity index is 2.12. The number of amides is 1. The van der Waals surface area contributed by atoms with Crippen LogP contribution in [0, 0.1) is 6.92 Å². The lowest BCUT2D eigenvalue weighted by Crippen LogP contribution is -2.46. The van der Waals surface area contributed by atoms with Gasteiger partial charge in [0.1, 0.15) is 0 Å². The Morgan fingerprint density at radius 3 is 2.48 bits per heavy atom. The van der Waals surface area contributed by atoms with E-state index in [1.807, 2.05) is 44.1 Å². The molecular formula is C22H24ClN5O3. The maximum absolute atomic E-state index is 13.2. The van der Waals surface area contributed by atoms with E-state index in [9.17, 15) is 14.4 Å². The molecule has 1 heterocycles. The summed E-state index contributed by atoms with van der Waals surface area (Å²) in [6.07, 6.45) is 0. The minimum atomic E-state index is -0.745. The number of carbonyl (C=O) groups excluding carboxylic acids is 1. The molecule has 1 aromatic heterocycles. The van der Waals surface area contributed by atoms with Crippen LogP contribution in [0.1, 0.15) is 21.6 Å². The first-order chi connectivity index (χ1) is 14.8. The number of nitrogens with one attached hydrogen (secondary N) is 1. The van der Waals surface area contributed by atoms with Crippen molar-refractivity contribution in [1.29, 1.82) is 0 Å². The van der Waals surface area contributed by atoms with Crippen LogP contribution >= 0.6 is 11.6 Å². The Morgan fingerprint density at radius 1 is 1.13 bits per heavy atom. The summed E-state index contributed by atoms with van der Waals surface area (Å²) in [6.45, 7) is 2.78. The number of aryl methyl sites for hydroxylation is 1. The van der Waals surface area contributed by atoms with E-state index in [0.717, 1.165) is 20.4 Å². The van der Waals surface area contributed by atoms with Crippen LogP contribution in [0.5, 0.6) is 0 Å². The summed E-state index contributed by atoms with van der Waals surface area (Å²) in [4.78, 5) is 40.8. The second kappa shape index (κ2) is 9.72. The van der Waals surface area contributed by atoms with Crippen LogP contribution in [0.15, 0.2) is 58.1 Å². The van der Waals surface area contributed by atoms with E-state index in [2.05, 4.69) is 10.4 Å². The molecular weight excluding hydrogens is 418 g/mol. The van der Waals surface area contributed by atoms with E-state index >= 15 is 0 Å². The van der Waals surface area contributed by atoms with Crippen molar-refractivity contribution in [3.05, 3.63) is 91.2 Å². The third kappa shape index (κ3) is 5.28. The predicted molar refractivity (Wildman–Crippen MR) is 120 cm³/mol. The molecule has 0 fully saturated rings. The van der Waals surface area contributed by atoms with E-state index < -0.39 is 17.2 Å². The van der Waals surface area contributed by atoms with Gasteiger partial charge in [0.05, 0.1) is 12.2 Å². The molecule has 2 aromatic carbocycles. The number of benzene rings is 2. The molecule has 0 unspecified atom stereocenters. The smallest absolute Gasteiger partial charge is 0.349 e. The molecule has 0 saturated carbocycles. The minimum Gasteiger partial charge on any atom is -0.349 e. The molecule has 3 rings (SSSR count). The average molecular weight is 442 g/mol. The van der Waals surface area contributed by atoms with Gasteiger partial charge in [-0.2, -0.15) is 9.78 Å². The number of carbonyl (C=O) groups is 1. The third-order valence-electron chi connectivity index (χ3n) is 4.70. The summed E-state index contributed by atoms with van der Waals surface area (Å²) in [5.74, 6) is -0.638. The van der Waals surface area contributed by atoms with E-state index in [1.165, 1.54) is 0 Å². The number of hydrogen-bond acceptors (Lipinski definition) is 5. The fourth-order valence-electron chi connectivity index (χ4n) is 2.92. The van der Waals surface area contributed by atoms with Gasteiger partial charge in [-0.15, -0.1) is 0 Å². The maximum Gasteiger partial charge on any atom is 0.352 e. The lowest BCUT2D eigenvalue weighted by Gasteiger charge is -2.14. The van der Waals surface area contributed by atoms with Crippen LogP contribution in [0.2, 0.25) is 5.02 Å². The van der Waals surface area contributed by atoms with Crippen molar-refractivity contribution in [3.63, 3.8) is 0 Å². The van der Waals surface area contributed by atoms with E-state index in [-0.39, 0.29) is 12.2 Å². The highest BCUT2D eigenvalue weighted by molar-refractivity contribution is 6.31. The van der Waals surface area contributed by atoms with Crippen LogP contribution in [0.4, 0.5) is 0 Å². The monoisotopic (exact) mass is 441 g/mol. The molecule has 3 aromatic rings. The van der Waals surface area contributed by atoms with Gasteiger partial charge >= 0.3 is 5.69 Å². The van der Waals surface area contributed by atoms with Crippen LogP contribution in [0.3, 0.4) is 0 Å². The van der Waals surface area contributed by atoms with Gasteiger partial charge in [-0.05, 0) is 44.3 Å². The van der Waals surface area contributed by atoms with E-state index in [1.54, 1.807) is 30.3 Å². The van der Waals surface area contributed by atoms with E-state index in [0.29, 0.717) is 23.8 Å². The topological polar surface area (TPSA) is 89.2 Å². The number of rotatable bonds is 7. The summed E-state index contributed by atoms with van der Waals surface area (Å²) >= 11 is 6.22. The normalized spacial score (nSPS) is 11.0. The third-order valence-corrected chi connectivity index (χ3v) is 5.11. The maximum atomic E-state index is 13.2. The Morgan fingerprint density at radius 2 is 1.84 bits per heavy atom. The zero-order chi connectivity index (χ0) is 22.5. The van der Waals surface area contributed by atoms with Gasteiger partial charge in [0.25, 0.3) is 11.5 Å². The van der Waals surface area contributed by atoms with Gasteiger partial charge in [-0.3, -0.25) is 14.2 Å². The first-order valence-electron chi connectivity index (χ1n) is 9.75. The largest absolute Gasteiger partial charge is 0.352 e. The fourth-order valence-corrected chi connectivity index (χ4v) is 3.10. The number of aromatic nitrogens is 3. The molecule has 0 bridgehead atoms. The first-order valence-corrected chi connectivity index (χ1v) is 10.1. The molecule has 0 aliphatic rings. The van der Waals surface area contributed by atoms with Crippen LogP contribution in [0.25, 0.3) is 5.69 Å². The molecule has 9 heteroatoms. The van der Waals surface area contributed by atoms with Crippen LogP contribution in [-0.2, 0) is 6.54 Å². The number of hydrogen-bond donors (Lipinski definition) is 1. The lowest BCUT2D eigenvalue weighted by atomic mass is 10.2. The Hall–Kier alpha value is -3.23. The fraction of sp³-hybridized carbons (Fsp3) is 0.273. The van der Waals surface area contributed by atoms with Gasteiger partial charge in [0.15, 0.2) is 0 Å². The molecule has 0 radical (unpaired) electrons. The van der Waals surface area contributed by atoms with Crippen LogP contribution in [-0.4, -0.2) is 52.3 Å². The summed E-state index contributed by atoms with van der Waals surface area (Å²) in [7, 11) is 3.75. The second-order valence-electron chi connectivity index (χ2n) is 7.41. The number of halogens is 1. The highest BCUT2D eigenvalue weighted by Gasteiger charge is 2.20. The zero-order valence-corrected chi connectivity index (χ0v) is 18.4. The molecule has 0 spiro atoms. The van der Waals surface area contributed by atoms with Crippen LogP contribution < -0.4 is 16.6 Å². The van der Waals surface area contributed by atoms with Crippen molar-refractivity contribution in [1.82, 2.24) is 24.6 Å². The van der Waals surface area contributed by atoms with Crippen molar-refractivity contribution in [3.8, 4) is 5.69 Å². The van der Waals surface area contributed by atoms with Crippen molar-refractivity contribution in [2.45, 2.75) is 13.5 Å². The van der Waals surface area contributed by atoms with Gasteiger partial charge in [0.2, 0.25) is 5.69 Å².